The summed E-state index contributed by atoms with van der Waals surface area (Å²) >= 11 is 0. The minimum atomic E-state index is 0.685. The highest BCUT2D eigenvalue weighted by Gasteiger charge is 2.01. The summed E-state index contributed by atoms with van der Waals surface area (Å²) in [7, 11) is 0. The van der Waals surface area contributed by atoms with Crippen molar-refractivity contribution in [2.45, 2.75) is 71.1 Å². The SMILES string of the molecule is CCCCCCCCCCCCOc1ccccc1N[C]=O. The van der Waals surface area contributed by atoms with Crippen molar-refractivity contribution in [3.05, 3.63) is 24.3 Å². The van der Waals surface area contributed by atoms with E-state index in [9.17, 15) is 4.79 Å². The van der Waals surface area contributed by atoms with Gasteiger partial charge in [0.2, 0.25) is 0 Å². The Morgan fingerprint density at radius 3 is 2.14 bits per heavy atom. The molecular formula is C19H30NO2. The molecule has 1 aromatic carbocycles. The van der Waals surface area contributed by atoms with Crippen LogP contribution in [0.25, 0.3) is 0 Å². The van der Waals surface area contributed by atoms with Crippen molar-refractivity contribution in [1.82, 2.24) is 0 Å². The van der Waals surface area contributed by atoms with Gasteiger partial charge in [-0.2, -0.15) is 0 Å². The first-order valence-corrected chi connectivity index (χ1v) is 8.73. The lowest BCUT2D eigenvalue weighted by molar-refractivity contribution is 0.305. The van der Waals surface area contributed by atoms with Crippen molar-refractivity contribution in [2.75, 3.05) is 11.9 Å². The maximum absolute atomic E-state index is 10.4. The predicted octanol–water partition coefficient (Wildman–Crippen LogP) is 5.47. The molecule has 0 fully saturated rings. The second-order valence-electron chi connectivity index (χ2n) is 5.75. The van der Waals surface area contributed by atoms with Crippen LogP contribution in [0.15, 0.2) is 24.3 Å². The first-order chi connectivity index (χ1) is 10.9. The fourth-order valence-corrected chi connectivity index (χ4v) is 2.52. The van der Waals surface area contributed by atoms with Crippen LogP contribution in [0.2, 0.25) is 0 Å². The van der Waals surface area contributed by atoms with Crippen molar-refractivity contribution < 1.29 is 9.53 Å². The molecule has 1 radical (unpaired) electrons. The Labute approximate surface area is 135 Å². The average molecular weight is 304 g/mol. The molecule has 0 heterocycles. The molecular weight excluding hydrogens is 274 g/mol. The number of hydrogen-bond acceptors (Lipinski definition) is 2. The number of anilines is 1. The summed E-state index contributed by atoms with van der Waals surface area (Å²) in [5.41, 5.74) is 0.685. The minimum Gasteiger partial charge on any atom is -0.491 e. The molecule has 22 heavy (non-hydrogen) atoms. The third-order valence-electron chi connectivity index (χ3n) is 3.83. The lowest BCUT2D eigenvalue weighted by Gasteiger charge is -2.10. The second kappa shape index (κ2) is 13.2. The maximum atomic E-state index is 10.4. The van der Waals surface area contributed by atoms with Crippen LogP contribution < -0.4 is 10.1 Å². The van der Waals surface area contributed by atoms with E-state index in [1.807, 2.05) is 24.3 Å². The zero-order valence-electron chi connectivity index (χ0n) is 13.9. The number of ether oxygens (including phenoxy) is 1. The Bertz CT molecular complexity index is 393. The lowest BCUT2D eigenvalue weighted by atomic mass is 10.1. The fourth-order valence-electron chi connectivity index (χ4n) is 2.52. The topological polar surface area (TPSA) is 38.3 Å². The van der Waals surface area contributed by atoms with E-state index in [0.717, 1.165) is 12.2 Å². The smallest absolute Gasteiger partial charge is 0.314 e. The number of carbonyl (C=O) groups excluding carboxylic acids is 1. The largest absolute Gasteiger partial charge is 0.491 e. The van der Waals surface area contributed by atoms with E-state index in [1.165, 1.54) is 57.8 Å². The first kappa shape index (κ1) is 18.5. The number of amides is 1. The van der Waals surface area contributed by atoms with E-state index in [0.29, 0.717) is 12.3 Å². The van der Waals surface area contributed by atoms with Gasteiger partial charge in [-0.1, -0.05) is 76.8 Å². The van der Waals surface area contributed by atoms with E-state index in [-0.39, 0.29) is 0 Å². The molecule has 123 valence electrons. The summed E-state index contributed by atoms with van der Waals surface area (Å²) in [6.07, 6.45) is 14.9. The zero-order valence-corrected chi connectivity index (χ0v) is 13.9. The third-order valence-corrected chi connectivity index (χ3v) is 3.83. The molecule has 1 rings (SSSR count). The normalized spacial score (nSPS) is 10.4. The van der Waals surface area contributed by atoms with Gasteiger partial charge < -0.3 is 10.1 Å². The van der Waals surface area contributed by atoms with Crippen LogP contribution in [0.1, 0.15) is 71.1 Å². The van der Waals surface area contributed by atoms with Gasteiger partial charge in [-0.05, 0) is 18.6 Å². The standard InChI is InChI=1S/C19H30NO2/c1-2-3-4-5-6-7-8-9-10-13-16-22-19-15-12-11-14-18(19)20-17-21/h11-12,14-15H,2-10,13,16H2,1H3,(H,20,21). The van der Waals surface area contributed by atoms with Crippen molar-refractivity contribution >= 4 is 12.1 Å². The number of nitrogens with one attached hydrogen (secondary N) is 1. The van der Waals surface area contributed by atoms with Crippen LogP contribution in [0.5, 0.6) is 5.75 Å². The number of rotatable bonds is 14. The molecule has 3 heteroatoms. The highest BCUT2D eigenvalue weighted by Crippen LogP contribution is 2.23. The molecule has 1 amide bonds. The van der Waals surface area contributed by atoms with Crippen molar-refractivity contribution in [2.24, 2.45) is 0 Å². The molecule has 0 atom stereocenters. The van der Waals surface area contributed by atoms with Gasteiger partial charge in [0.1, 0.15) is 5.75 Å². The van der Waals surface area contributed by atoms with Crippen LogP contribution in [0.4, 0.5) is 5.69 Å². The predicted molar refractivity (Wildman–Crippen MR) is 93.1 cm³/mol. The van der Waals surface area contributed by atoms with E-state index < -0.39 is 0 Å². The zero-order chi connectivity index (χ0) is 15.9. The van der Waals surface area contributed by atoms with Crippen molar-refractivity contribution in [1.29, 1.82) is 0 Å². The van der Waals surface area contributed by atoms with Crippen LogP contribution in [-0.2, 0) is 4.79 Å². The number of unbranched alkanes of at least 4 members (excludes halogenated alkanes) is 9. The Hall–Kier alpha value is -1.51. The lowest BCUT2D eigenvalue weighted by Crippen LogP contribution is -2.02. The molecule has 3 nitrogen and oxygen atoms in total. The molecule has 0 aromatic heterocycles. The van der Waals surface area contributed by atoms with Gasteiger partial charge in [0.05, 0.1) is 12.3 Å². The summed E-state index contributed by atoms with van der Waals surface area (Å²) in [4.78, 5) is 10.4. The Morgan fingerprint density at radius 1 is 0.909 bits per heavy atom. The van der Waals surface area contributed by atoms with Gasteiger partial charge in [0.15, 0.2) is 0 Å². The number of para-hydroxylation sites is 2. The van der Waals surface area contributed by atoms with Gasteiger partial charge in [-0.15, -0.1) is 0 Å². The Balaban J connectivity index is 1.98. The van der Waals surface area contributed by atoms with Crippen molar-refractivity contribution in [3.63, 3.8) is 0 Å². The first-order valence-electron chi connectivity index (χ1n) is 8.73. The van der Waals surface area contributed by atoms with Gasteiger partial charge in [-0.3, -0.25) is 4.79 Å². The summed E-state index contributed by atoms with van der Waals surface area (Å²) in [5.74, 6) is 0.724. The van der Waals surface area contributed by atoms with Gasteiger partial charge in [0.25, 0.3) is 0 Å². The average Bonchev–Trinajstić information content (AvgIpc) is 2.54. The Morgan fingerprint density at radius 2 is 1.50 bits per heavy atom. The van der Waals surface area contributed by atoms with Gasteiger partial charge in [-0.25, -0.2) is 0 Å². The number of hydrogen-bond donors (Lipinski definition) is 1. The molecule has 0 bridgehead atoms. The van der Waals surface area contributed by atoms with E-state index >= 15 is 0 Å². The van der Waals surface area contributed by atoms with Crippen LogP contribution >= 0.6 is 0 Å². The van der Waals surface area contributed by atoms with Crippen molar-refractivity contribution in [3.8, 4) is 5.75 Å². The fraction of sp³-hybridized carbons (Fsp3) is 0.632. The van der Waals surface area contributed by atoms with Crippen LogP contribution in [0, 0.1) is 0 Å². The van der Waals surface area contributed by atoms with E-state index in [1.54, 1.807) is 6.41 Å². The highest BCUT2D eigenvalue weighted by atomic mass is 16.5. The van der Waals surface area contributed by atoms with E-state index in [4.69, 9.17) is 4.74 Å². The minimum absolute atomic E-state index is 0.685. The molecule has 0 saturated carbocycles. The maximum Gasteiger partial charge on any atom is 0.314 e. The molecule has 0 saturated heterocycles. The third kappa shape index (κ3) is 8.71. The summed E-state index contributed by atoms with van der Waals surface area (Å²) in [5, 5.41) is 2.54. The second-order valence-corrected chi connectivity index (χ2v) is 5.75. The number of benzene rings is 1. The highest BCUT2D eigenvalue weighted by molar-refractivity contribution is 5.75. The molecule has 1 N–H and O–H groups in total. The summed E-state index contributed by atoms with van der Waals surface area (Å²) < 4.78 is 5.72. The molecule has 0 unspecified atom stereocenters. The summed E-state index contributed by atoms with van der Waals surface area (Å²) in [6, 6.07) is 7.46. The van der Waals surface area contributed by atoms with Crippen LogP contribution in [-0.4, -0.2) is 13.0 Å². The Kier molecular flexibility index (Phi) is 11.1. The molecule has 0 aliphatic carbocycles. The van der Waals surface area contributed by atoms with Gasteiger partial charge >= 0.3 is 6.41 Å². The molecule has 0 aliphatic heterocycles. The quantitative estimate of drug-likeness (QED) is 0.366. The monoisotopic (exact) mass is 304 g/mol. The molecule has 0 aliphatic rings. The van der Waals surface area contributed by atoms with E-state index in [2.05, 4.69) is 12.2 Å². The van der Waals surface area contributed by atoms with Gasteiger partial charge in [0, 0.05) is 0 Å². The summed E-state index contributed by atoms with van der Waals surface area (Å²) in [6.45, 7) is 2.96. The van der Waals surface area contributed by atoms with Crippen LogP contribution in [0.3, 0.4) is 0 Å². The molecule has 1 aromatic rings. The molecule has 0 spiro atoms.